The maximum absolute atomic E-state index is 13.0. The summed E-state index contributed by atoms with van der Waals surface area (Å²) in [5, 5.41) is 12.1. The first-order valence-electron chi connectivity index (χ1n) is 12.2. The summed E-state index contributed by atoms with van der Waals surface area (Å²) in [6.07, 6.45) is 1.05. The lowest BCUT2D eigenvalue weighted by Crippen LogP contribution is -2.18. The van der Waals surface area contributed by atoms with Crippen LogP contribution in [-0.2, 0) is 16.4 Å². The zero-order chi connectivity index (χ0) is 25.9. The van der Waals surface area contributed by atoms with E-state index in [1.54, 1.807) is 0 Å². The lowest BCUT2D eigenvalue weighted by molar-refractivity contribution is -0.137. The molecule has 4 rings (SSSR count). The molecule has 2 aromatic carbocycles. The zero-order valence-electron chi connectivity index (χ0n) is 20.7. The van der Waals surface area contributed by atoms with Crippen LogP contribution in [0.25, 0.3) is 11.4 Å². The molecule has 3 aromatic rings. The minimum absolute atomic E-state index is 0.0179. The van der Waals surface area contributed by atoms with Crippen molar-refractivity contribution in [2.24, 2.45) is 0 Å². The maximum Gasteiger partial charge on any atom is 0.416 e. The summed E-state index contributed by atoms with van der Waals surface area (Å²) >= 11 is 1.26. The summed E-state index contributed by atoms with van der Waals surface area (Å²) < 4.78 is 41.1. The van der Waals surface area contributed by atoms with Gasteiger partial charge in [0.25, 0.3) is 0 Å². The standard InChI is InChI=1S/C27H31F3N4OS/c1-26(2,3)19-14-12-18(13-15-19)24-32-33-25(34(24)22-10-5-4-6-11-22)36-17-23(35)31-21-9-7-8-20(16-21)27(28,29)30/h7-9,12-16,22H,4-6,10-11,17H2,1-3H3,(H,31,35). The van der Waals surface area contributed by atoms with Crippen molar-refractivity contribution in [2.45, 2.75) is 75.7 Å². The van der Waals surface area contributed by atoms with Gasteiger partial charge in [-0.15, -0.1) is 10.2 Å². The zero-order valence-corrected chi connectivity index (χ0v) is 21.5. The largest absolute Gasteiger partial charge is 0.416 e. The number of rotatable bonds is 6. The van der Waals surface area contributed by atoms with E-state index in [0.29, 0.717) is 5.16 Å². The first kappa shape index (κ1) is 26.3. The topological polar surface area (TPSA) is 59.8 Å². The number of benzene rings is 2. The van der Waals surface area contributed by atoms with Gasteiger partial charge in [0.1, 0.15) is 0 Å². The Morgan fingerprint density at radius 3 is 2.33 bits per heavy atom. The van der Waals surface area contributed by atoms with Gasteiger partial charge >= 0.3 is 6.18 Å². The average molecular weight is 517 g/mol. The van der Waals surface area contributed by atoms with Crippen molar-refractivity contribution < 1.29 is 18.0 Å². The van der Waals surface area contributed by atoms with Crippen molar-refractivity contribution in [3.8, 4) is 11.4 Å². The number of alkyl halides is 3. The second-order valence-electron chi connectivity index (χ2n) is 10.2. The van der Waals surface area contributed by atoms with Gasteiger partial charge < -0.3 is 5.32 Å². The molecule has 9 heteroatoms. The van der Waals surface area contributed by atoms with Crippen LogP contribution in [0.4, 0.5) is 18.9 Å². The summed E-state index contributed by atoms with van der Waals surface area (Å²) in [4.78, 5) is 12.6. The van der Waals surface area contributed by atoms with Crippen molar-refractivity contribution >= 4 is 23.4 Å². The van der Waals surface area contributed by atoms with E-state index in [2.05, 4.69) is 65.1 Å². The molecule has 36 heavy (non-hydrogen) atoms. The Balaban J connectivity index is 1.53. The number of amides is 1. The third kappa shape index (κ3) is 6.30. The number of aromatic nitrogens is 3. The maximum atomic E-state index is 13.0. The molecule has 0 unspecified atom stereocenters. The van der Waals surface area contributed by atoms with Gasteiger partial charge in [0.05, 0.1) is 11.3 Å². The molecule has 1 aliphatic rings. The van der Waals surface area contributed by atoms with E-state index in [9.17, 15) is 18.0 Å². The van der Waals surface area contributed by atoms with Crippen molar-refractivity contribution in [1.29, 1.82) is 0 Å². The molecule has 1 aromatic heterocycles. The number of hydrogen-bond donors (Lipinski definition) is 1. The van der Waals surface area contributed by atoms with Gasteiger partial charge in [-0.05, 0) is 42.0 Å². The Kier molecular flexibility index (Phi) is 7.78. The number of anilines is 1. The second-order valence-corrected chi connectivity index (χ2v) is 11.2. The summed E-state index contributed by atoms with van der Waals surface area (Å²) in [5.74, 6) is 0.404. The van der Waals surface area contributed by atoms with E-state index in [-0.39, 0.29) is 22.9 Å². The van der Waals surface area contributed by atoms with Crippen LogP contribution in [0, 0.1) is 0 Å². The summed E-state index contributed by atoms with van der Waals surface area (Å²) in [6, 6.07) is 13.3. The molecule has 0 saturated heterocycles. The van der Waals surface area contributed by atoms with Gasteiger partial charge in [-0.2, -0.15) is 13.2 Å². The smallest absolute Gasteiger partial charge is 0.325 e. The Hall–Kier alpha value is -2.81. The van der Waals surface area contributed by atoms with E-state index < -0.39 is 17.6 Å². The molecule has 1 amide bonds. The Morgan fingerprint density at radius 2 is 1.69 bits per heavy atom. The van der Waals surface area contributed by atoms with Gasteiger partial charge in [-0.1, -0.05) is 82.1 Å². The predicted molar refractivity (Wildman–Crippen MR) is 137 cm³/mol. The fourth-order valence-corrected chi connectivity index (χ4v) is 5.27. The van der Waals surface area contributed by atoms with E-state index in [4.69, 9.17) is 0 Å². The number of thioether (sulfide) groups is 1. The molecule has 192 valence electrons. The molecule has 1 fully saturated rings. The second kappa shape index (κ2) is 10.7. The number of carbonyl (C=O) groups excluding carboxylic acids is 1. The van der Waals surface area contributed by atoms with Crippen molar-refractivity contribution in [2.75, 3.05) is 11.1 Å². The van der Waals surface area contributed by atoms with E-state index in [0.717, 1.165) is 49.2 Å². The quantitative estimate of drug-likeness (QED) is 0.345. The molecule has 0 atom stereocenters. The van der Waals surface area contributed by atoms with Gasteiger partial charge in [-0.3, -0.25) is 9.36 Å². The summed E-state index contributed by atoms with van der Waals surface area (Å²) in [5.41, 5.74) is 1.57. The van der Waals surface area contributed by atoms with Crippen LogP contribution in [0.3, 0.4) is 0 Å². The van der Waals surface area contributed by atoms with Crippen LogP contribution in [0.1, 0.15) is 70.0 Å². The minimum Gasteiger partial charge on any atom is -0.325 e. The van der Waals surface area contributed by atoms with Crippen LogP contribution in [0.2, 0.25) is 0 Å². The molecular weight excluding hydrogens is 485 g/mol. The molecule has 0 aliphatic heterocycles. The number of carbonyl (C=O) groups is 1. The fourth-order valence-electron chi connectivity index (χ4n) is 4.46. The van der Waals surface area contributed by atoms with Crippen molar-refractivity contribution in [3.05, 3.63) is 59.7 Å². The third-order valence-electron chi connectivity index (χ3n) is 6.42. The number of hydrogen-bond acceptors (Lipinski definition) is 4. The first-order valence-corrected chi connectivity index (χ1v) is 13.2. The monoisotopic (exact) mass is 516 g/mol. The van der Waals surface area contributed by atoms with Gasteiger partial charge in [0.2, 0.25) is 5.91 Å². The molecule has 1 N–H and O–H groups in total. The van der Waals surface area contributed by atoms with E-state index in [1.807, 2.05) is 0 Å². The van der Waals surface area contributed by atoms with Gasteiger partial charge in [0, 0.05) is 17.3 Å². The molecule has 0 bridgehead atoms. The Labute approximate surface area is 213 Å². The molecular formula is C27H31F3N4OS. The molecule has 0 radical (unpaired) electrons. The fraction of sp³-hybridized carbons (Fsp3) is 0.444. The van der Waals surface area contributed by atoms with Crippen LogP contribution < -0.4 is 5.32 Å². The summed E-state index contributed by atoms with van der Waals surface area (Å²) in [7, 11) is 0. The molecule has 0 spiro atoms. The van der Waals surface area contributed by atoms with Crippen LogP contribution >= 0.6 is 11.8 Å². The molecule has 1 saturated carbocycles. The molecule has 5 nitrogen and oxygen atoms in total. The summed E-state index contributed by atoms with van der Waals surface area (Å²) in [6.45, 7) is 6.52. The van der Waals surface area contributed by atoms with Crippen molar-refractivity contribution in [1.82, 2.24) is 14.8 Å². The third-order valence-corrected chi connectivity index (χ3v) is 7.36. The number of halogens is 3. The highest BCUT2D eigenvalue weighted by atomic mass is 32.2. The van der Waals surface area contributed by atoms with Gasteiger partial charge in [0.15, 0.2) is 11.0 Å². The van der Waals surface area contributed by atoms with E-state index in [1.165, 1.54) is 35.9 Å². The Bertz CT molecular complexity index is 1190. The average Bonchev–Trinajstić information content (AvgIpc) is 3.26. The van der Waals surface area contributed by atoms with Crippen LogP contribution in [0.5, 0.6) is 0 Å². The Morgan fingerprint density at radius 1 is 1.00 bits per heavy atom. The number of nitrogens with zero attached hydrogens (tertiary/aromatic N) is 3. The number of nitrogens with one attached hydrogen (secondary N) is 1. The van der Waals surface area contributed by atoms with Crippen molar-refractivity contribution in [3.63, 3.8) is 0 Å². The lowest BCUT2D eigenvalue weighted by Gasteiger charge is -2.26. The van der Waals surface area contributed by atoms with Crippen LogP contribution in [-0.4, -0.2) is 26.4 Å². The highest BCUT2D eigenvalue weighted by molar-refractivity contribution is 7.99. The van der Waals surface area contributed by atoms with E-state index >= 15 is 0 Å². The highest BCUT2D eigenvalue weighted by Gasteiger charge is 2.30. The SMILES string of the molecule is CC(C)(C)c1ccc(-c2nnc(SCC(=O)Nc3cccc(C(F)(F)F)c3)n2C2CCCCC2)cc1. The van der Waals surface area contributed by atoms with Gasteiger partial charge in [-0.25, -0.2) is 0 Å². The predicted octanol–water partition coefficient (Wildman–Crippen LogP) is 7.50. The first-order chi connectivity index (χ1) is 17.0. The highest BCUT2D eigenvalue weighted by Crippen LogP contribution is 2.36. The normalized spacial score (nSPS) is 15.2. The minimum atomic E-state index is -4.46. The molecule has 1 aliphatic carbocycles. The van der Waals surface area contributed by atoms with Crippen LogP contribution in [0.15, 0.2) is 53.7 Å². The molecule has 1 heterocycles. The lowest BCUT2D eigenvalue weighted by atomic mass is 9.86.